The molecule has 3 aliphatic heterocycles. The van der Waals surface area contributed by atoms with E-state index in [9.17, 15) is 14.7 Å². The van der Waals surface area contributed by atoms with E-state index < -0.39 is 11.9 Å². The Balaban J connectivity index is 1.34. The lowest BCUT2D eigenvalue weighted by Crippen LogP contribution is -2.64. The van der Waals surface area contributed by atoms with Crippen LogP contribution in [0, 0.1) is 12.8 Å². The second-order valence-electron chi connectivity index (χ2n) is 9.90. The molecule has 0 radical (unpaired) electrons. The summed E-state index contributed by atoms with van der Waals surface area (Å²) < 4.78 is 12.4. The molecule has 0 saturated carbocycles. The van der Waals surface area contributed by atoms with Crippen LogP contribution in [0.25, 0.3) is 10.9 Å². The van der Waals surface area contributed by atoms with Crippen LogP contribution < -0.4 is 9.84 Å². The number of carbonyl (C=O) groups is 2. The normalized spacial score (nSPS) is 23.6. The van der Waals surface area contributed by atoms with Crippen LogP contribution >= 0.6 is 0 Å². The quantitative estimate of drug-likeness (QED) is 0.579. The summed E-state index contributed by atoms with van der Waals surface area (Å²) >= 11 is 0. The Morgan fingerprint density at radius 3 is 2.94 bits per heavy atom. The maximum Gasteiger partial charge on any atom is 0.340 e. The van der Waals surface area contributed by atoms with E-state index in [0.717, 1.165) is 60.3 Å². The minimum atomic E-state index is -1.37. The Bertz CT molecular complexity index is 1330. The third-order valence-electron chi connectivity index (χ3n) is 7.89. The summed E-state index contributed by atoms with van der Waals surface area (Å²) in [4.78, 5) is 34.2. The van der Waals surface area contributed by atoms with Gasteiger partial charge < -0.3 is 24.4 Å². The summed E-state index contributed by atoms with van der Waals surface area (Å²) in [6.07, 6.45) is 6.61. The molecule has 0 aliphatic carbocycles. The molecule has 3 aromatic rings. The Hall–Kier alpha value is -3.39. The first-order valence-corrected chi connectivity index (χ1v) is 12.4. The van der Waals surface area contributed by atoms with Crippen molar-refractivity contribution in [3.05, 3.63) is 58.5 Å². The molecule has 5 heterocycles. The van der Waals surface area contributed by atoms with Gasteiger partial charge in [-0.25, -0.2) is 9.78 Å². The van der Waals surface area contributed by atoms with E-state index in [1.165, 1.54) is 25.3 Å². The van der Waals surface area contributed by atoms with Gasteiger partial charge in [-0.1, -0.05) is 6.07 Å². The minimum absolute atomic E-state index is 0.127. The van der Waals surface area contributed by atoms with Crippen molar-refractivity contribution in [1.82, 2.24) is 14.9 Å². The van der Waals surface area contributed by atoms with Crippen molar-refractivity contribution in [2.24, 2.45) is 5.92 Å². The highest BCUT2D eigenvalue weighted by Gasteiger charge is 2.52. The Kier molecular flexibility index (Phi) is 5.29. The number of H-pyrrole nitrogens is 1. The van der Waals surface area contributed by atoms with Gasteiger partial charge in [0.15, 0.2) is 5.72 Å². The van der Waals surface area contributed by atoms with Crippen LogP contribution in [-0.4, -0.2) is 45.6 Å². The number of rotatable bonds is 4. The van der Waals surface area contributed by atoms with E-state index in [2.05, 4.69) is 14.9 Å². The number of hydrogen-bond donors (Lipinski definition) is 1. The largest absolute Gasteiger partial charge is 0.543 e. The van der Waals surface area contributed by atoms with Gasteiger partial charge in [-0.15, -0.1) is 0 Å². The lowest BCUT2D eigenvalue weighted by molar-refractivity contribution is -0.255. The molecule has 2 unspecified atom stereocenters. The van der Waals surface area contributed by atoms with E-state index in [1.54, 1.807) is 12.1 Å². The van der Waals surface area contributed by atoms with Gasteiger partial charge in [-0.3, -0.25) is 4.90 Å². The van der Waals surface area contributed by atoms with Crippen LogP contribution in [0.2, 0.25) is 0 Å². The van der Waals surface area contributed by atoms with Crippen LogP contribution in [0.1, 0.15) is 69.9 Å². The SMILES string of the molecule is Cc1[nH]c2ccc3c(c2c1C(=O)OCc1cccc(C(=O)[O-])n1)CC1CCCN2CCCCC12O3. The fraction of sp³-hybridized carbons (Fsp3) is 0.444. The number of aromatic carboxylic acids is 1. The Morgan fingerprint density at radius 2 is 2.09 bits per heavy atom. The standard InChI is InChI=1S/C27H29N3O5/c1-16-23(26(33)34-15-18-7-4-8-21(29-18)25(31)32)24-19-14-17-6-5-13-30-12-3-2-11-27(17,30)35-22(19)10-9-20(24)28-16/h4,7-10,17,28H,2-3,5-6,11-15H2,1H3,(H,31,32)/p-1. The highest BCUT2D eigenvalue weighted by Crippen LogP contribution is 2.50. The van der Waals surface area contributed by atoms with Crippen molar-refractivity contribution in [3.63, 3.8) is 0 Å². The maximum absolute atomic E-state index is 13.3. The Labute approximate surface area is 203 Å². The first-order valence-electron chi connectivity index (χ1n) is 12.4. The van der Waals surface area contributed by atoms with E-state index >= 15 is 0 Å². The number of pyridine rings is 1. The number of nitrogens with one attached hydrogen (secondary N) is 1. The summed E-state index contributed by atoms with van der Waals surface area (Å²) in [5.41, 5.74) is 3.14. The predicted octanol–water partition coefficient (Wildman–Crippen LogP) is 3.12. The molecule has 0 amide bonds. The zero-order valence-electron chi connectivity index (χ0n) is 19.8. The van der Waals surface area contributed by atoms with Gasteiger partial charge in [0.2, 0.25) is 0 Å². The number of aromatic nitrogens is 2. The van der Waals surface area contributed by atoms with E-state index in [4.69, 9.17) is 9.47 Å². The fourth-order valence-electron chi connectivity index (χ4n) is 6.35. The molecule has 2 saturated heterocycles. The molecule has 3 aliphatic rings. The molecule has 0 bridgehead atoms. The molecule has 182 valence electrons. The summed E-state index contributed by atoms with van der Waals surface area (Å²) in [5.74, 6) is -0.579. The summed E-state index contributed by atoms with van der Waals surface area (Å²) in [7, 11) is 0. The number of esters is 1. The van der Waals surface area contributed by atoms with Crippen LogP contribution in [0.3, 0.4) is 0 Å². The molecule has 6 rings (SSSR count). The number of fused-ring (bicyclic) bond motifs is 3. The lowest BCUT2D eigenvalue weighted by atomic mass is 9.74. The maximum atomic E-state index is 13.3. The smallest absolute Gasteiger partial charge is 0.340 e. The van der Waals surface area contributed by atoms with Gasteiger partial charge in [0.25, 0.3) is 0 Å². The highest BCUT2D eigenvalue weighted by atomic mass is 16.5. The zero-order chi connectivity index (χ0) is 24.2. The van der Waals surface area contributed by atoms with Crippen molar-refractivity contribution in [2.75, 3.05) is 13.1 Å². The first-order chi connectivity index (χ1) is 17.0. The third-order valence-corrected chi connectivity index (χ3v) is 7.89. The summed E-state index contributed by atoms with van der Waals surface area (Å²) in [6.45, 7) is 3.91. The van der Waals surface area contributed by atoms with Crippen molar-refractivity contribution in [2.45, 2.75) is 57.8 Å². The highest BCUT2D eigenvalue weighted by molar-refractivity contribution is 6.07. The number of aryl methyl sites for hydroxylation is 1. The number of piperidine rings is 2. The lowest BCUT2D eigenvalue weighted by Gasteiger charge is -2.56. The second kappa shape index (κ2) is 8.37. The molecule has 1 aromatic carbocycles. The molecule has 1 spiro atoms. The van der Waals surface area contributed by atoms with Crippen LogP contribution in [0.5, 0.6) is 5.75 Å². The number of aromatic amines is 1. The van der Waals surface area contributed by atoms with Crippen LogP contribution in [0.4, 0.5) is 0 Å². The molecule has 2 aromatic heterocycles. The summed E-state index contributed by atoms with van der Waals surface area (Å²) in [6, 6.07) is 8.54. The number of carbonyl (C=O) groups excluding carboxylic acids is 2. The van der Waals surface area contributed by atoms with Crippen molar-refractivity contribution >= 4 is 22.8 Å². The molecule has 1 N–H and O–H groups in total. The van der Waals surface area contributed by atoms with Gasteiger partial charge >= 0.3 is 5.97 Å². The van der Waals surface area contributed by atoms with E-state index in [0.29, 0.717) is 17.2 Å². The third kappa shape index (κ3) is 3.58. The number of carboxylic acids is 1. The van der Waals surface area contributed by atoms with Crippen molar-refractivity contribution < 1.29 is 24.2 Å². The monoisotopic (exact) mass is 474 g/mol. The molecule has 8 heteroatoms. The molecule has 2 fully saturated rings. The molecular weight excluding hydrogens is 446 g/mol. The number of nitrogens with zero attached hydrogens (tertiary/aromatic N) is 2. The van der Waals surface area contributed by atoms with Gasteiger partial charge in [-0.2, -0.15) is 0 Å². The first kappa shape index (κ1) is 22.1. The number of ether oxygens (including phenoxy) is 2. The second-order valence-corrected chi connectivity index (χ2v) is 9.90. The summed E-state index contributed by atoms with van der Waals surface area (Å²) in [5, 5.41) is 12.0. The van der Waals surface area contributed by atoms with Gasteiger partial charge in [0.1, 0.15) is 12.4 Å². The number of hydrogen-bond acceptors (Lipinski definition) is 7. The minimum Gasteiger partial charge on any atom is -0.543 e. The van der Waals surface area contributed by atoms with Crippen LogP contribution in [0.15, 0.2) is 30.3 Å². The molecule has 2 atom stereocenters. The fourth-order valence-corrected chi connectivity index (χ4v) is 6.35. The predicted molar refractivity (Wildman–Crippen MR) is 126 cm³/mol. The van der Waals surface area contributed by atoms with Gasteiger partial charge in [-0.05, 0) is 63.3 Å². The van der Waals surface area contributed by atoms with Crippen molar-refractivity contribution in [3.8, 4) is 5.75 Å². The number of carboxylic acid groups (broad SMARTS) is 1. The molecular formula is C27H28N3O5-. The van der Waals surface area contributed by atoms with Gasteiger partial charge in [0.05, 0.1) is 22.9 Å². The van der Waals surface area contributed by atoms with Gasteiger partial charge in [0, 0.05) is 47.6 Å². The van der Waals surface area contributed by atoms with Crippen LogP contribution in [-0.2, 0) is 17.8 Å². The van der Waals surface area contributed by atoms with E-state index in [-0.39, 0.29) is 18.0 Å². The number of benzene rings is 1. The topological polar surface area (TPSA) is 108 Å². The molecule has 8 nitrogen and oxygen atoms in total. The Morgan fingerprint density at radius 1 is 1.23 bits per heavy atom. The van der Waals surface area contributed by atoms with E-state index in [1.807, 2.05) is 19.1 Å². The molecule has 35 heavy (non-hydrogen) atoms. The average molecular weight is 475 g/mol. The zero-order valence-corrected chi connectivity index (χ0v) is 19.8. The van der Waals surface area contributed by atoms with Crippen molar-refractivity contribution in [1.29, 1.82) is 0 Å². The average Bonchev–Trinajstić information content (AvgIpc) is 3.21.